The monoisotopic (exact) mass is 266 g/mol. The summed E-state index contributed by atoms with van der Waals surface area (Å²) >= 11 is 0. The maximum absolute atomic E-state index is 11.2. The zero-order valence-electron chi connectivity index (χ0n) is 9.89. The molecule has 0 rings (SSSR count). The van der Waals surface area contributed by atoms with E-state index < -0.39 is 28.9 Å². The average Bonchev–Trinajstić information content (AvgIpc) is 2.24. The van der Waals surface area contributed by atoms with Crippen molar-refractivity contribution in [1.29, 1.82) is 0 Å². The Morgan fingerprint density at radius 3 is 2.53 bits per heavy atom. The molecule has 2 amide bonds. The van der Waals surface area contributed by atoms with Crippen molar-refractivity contribution in [3.8, 4) is 0 Å². The second-order valence-electron chi connectivity index (χ2n) is 3.33. The second kappa shape index (κ2) is 8.94. The molecule has 0 aliphatic carbocycles. The Bertz CT molecular complexity index is 285. The summed E-state index contributed by atoms with van der Waals surface area (Å²) in [7, 11) is 0.390. The van der Waals surface area contributed by atoms with Crippen LogP contribution in [-0.4, -0.2) is 59.6 Å². The highest BCUT2D eigenvalue weighted by atomic mass is 32.2. The predicted octanol–water partition coefficient (Wildman–Crippen LogP) is -0.846. The van der Waals surface area contributed by atoms with E-state index in [0.29, 0.717) is 18.7 Å². The van der Waals surface area contributed by atoms with Gasteiger partial charge in [0.15, 0.2) is 6.10 Å². The highest BCUT2D eigenvalue weighted by Gasteiger charge is 2.16. The van der Waals surface area contributed by atoms with E-state index in [1.165, 1.54) is 7.11 Å². The maximum Gasteiger partial charge on any atom is 0.334 e. The van der Waals surface area contributed by atoms with Crippen molar-refractivity contribution < 1.29 is 23.6 Å². The third-order valence-electron chi connectivity index (χ3n) is 1.90. The summed E-state index contributed by atoms with van der Waals surface area (Å²) in [5.74, 6) is -0.606. The first-order valence-electron chi connectivity index (χ1n) is 5.04. The van der Waals surface area contributed by atoms with Gasteiger partial charge in [0.2, 0.25) is 0 Å². The van der Waals surface area contributed by atoms with Gasteiger partial charge in [-0.1, -0.05) is 0 Å². The molecule has 0 aromatic heterocycles. The number of rotatable bonds is 8. The van der Waals surface area contributed by atoms with E-state index in [0.717, 1.165) is 0 Å². The SMILES string of the molecule is COC(CNC(=O)NCCCS(C)=O)C(=O)O. The molecule has 2 unspecified atom stereocenters. The Hall–Kier alpha value is -1.15. The maximum atomic E-state index is 11.2. The molecule has 0 fully saturated rings. The van der Waals surface area contributed by atoms with Gasteiger partial charge < -0.3 is 20.5 Å². The van der Waals surface area contributed by atoms with Gasteiger partial charge in [-0.3, -0.25) is 4.21 Å². The minimum atomic E-state index is -1.13. The number of nitrogens with one attached hydrogen (secondary N) is 2. The van der Waals surface area contributed by atoms with Crippen LogP contribution in [-0.2, 0) is 20.3 Å². The zero-order valence-corrected chi connectivity index (χ0v) is 10.7. The number of carbonyl (C=O) groups excluding carboxylic acids is 1. The van der Waals surface area contributed by atoms with Crippen LogP contribution in [0.4, 0.5) is 4.79 Å². The van der Waals surface area contributed by atoms with Crippen LogP contribution in [0.25, 0.3) is 0 Å². The first-order valence-corrected chi connectivity index (χ1v) is 6.77. The van der Waals surface area contributed by atoms with Gasteiger partial charge in [0, 0.05) is 36.5 Å². The molecular formula is C9H18N2O5S. The van der Waals surface area contributed by atoms with E-state index in [1.807, 2.05) is 0 Å². The average molecular weight is 266 g/mol. The molecule has 100 valence electrons. The van der Waals surface area contributed by atoms with E-state index in [-0.39, 0.29) is 6.54 Å². The minimum absolute atomic E-state index is 0.0998. The fourth-order valence-corrected chi connectivity index (χ4v) is 1.55. The number of carboxylic acid groups (broad SMARTS) is 1. The van der Waals surface area contributed by atoms with Gasteiger partial charge in [-0.15, -0.1) is 0 Å². The molecule has 0 aliphatic heterocycles. The number of carboxylic acids is 1. The number of hydrogen-bond donors (Lipinski definition) is 3. The van der Waals surface area contributed by atoms with Crippen LogP contribution in [0.2, 0.25) is 0 Å². The fraction of sp³-hybridized carbons (Fsp3) is 0.778. The third kappa shape index (κ3) is 8.64. The largest absolute Gasteiger partial charge is 0.479 e. The van der Waals surface area contributed by atoms with Crippen molar-refractivity contribution in [2.24, 2.45) is 0 Å². The predicted molar refractivity (Wildman–Crippen MR) is 63.4 cm³/mol. The van der Waals surface area contributed by atoms with Crippen molar-refractivity contribution in [2.45, 2.75) is 12.5 Å². The lowest BCUT2D eigenvalue weighted by Gasteiger charge is -2.12. The number of methoxy groups -OCH3 is 1. The molecule has 8 heteroatoms. The number of carbonyl (C=O) groups is 2. The fourth-order valence-electron chi connectivity index (χ4n) is 0.997. The van der Waals surface area contributed by atoms with Crippen LogP contribution < -0.4 is 10.6 Å². The molecular weight excluding hydrogens is 248 g/mol. The van der Waals surface area contributed by atoms with Gasteiger partial charge in [-0.05, 0) is 6.42 Å². The number of urea groups is 1. The van der Waals surface area contributed by atoms with Gasteiger partial charge in [0.1, 0.15) is 0 Å². The number of aliphatic carboxylic acids is 1. The first kappa shape index (κ1) is 15.9. The summed E-state index contributed by atoms with van der Waals surface area (Å²) in [6, 6.07) is -0.463. The Kier molecular flexibility index (Phi) is 8.34. The van der Waals surface area contributed by atoms with Gasteiger partial charge in [-0.25, -0.2) is 9.59 Å². The summed E-state index contributed by atoms with van der Waals surface area (Å²) < 4.78 is 15.4. The molecule has 17 heavy (non-hydrogen) atoms. The van der Waals surface area contributed by atoms with E-state index in [2.05, 4.69) is 15.4 Å². The van der Waals surface area contributed by atoms with Gasteiger partial charge >= 0.3 is 12.0 Å². The van der Waals surface area contributed by atoms with Gasteiger partial charge in [0.25, 0.3) is 0 Å². The molecule has 2 atom stereocenters. The minimum Gasteiger partial charge on any atom is -0.479 e. The standard InChI is InChI=1S/C9H18N2O5S/c1-16-7(8(12)13)6-11-9(14)10-4-3-5-17(2)15/h7H,3-6H2,1-2H3,(H,12,13)(H2,10,11,14). The van der Waals surface area contributed by atoms with Gasteiger partial charge in [0.05, 0.1) is 6.54 Å². The molecule has 3 N–H and O–H groups in total. The Labute approximate surface area is 102 Å². The summed E-state index contributed by atoms with van der Waals surface area (Å²) in [4.78, 5) is 21.7. The summed E-state index contributed by atoms with van der Waals surface area (Å²) in [5.41, 5.74) is 0. The molecule has 0 aliphatic rings. The van der Waals surface area contributed by atoms with Crippen LogP contribution in [0.3, 0.4) is 0 Å². The Morgan fingerprint density at radius 2 is 2.06 bits per heavy atom. The molecule has 0 saturated carbocycles. The van der Waals surface area contributed by atoms with Crippen molar-refractivity contribution in [3.05, 3.63) is 0 Å². The van der Waals surface area contributed by atoms with E-state index in [1.54, 1.807) is 6.26 Å². The number of amides is 2. The lowest BCUT2D eigenvalue weighted by Crippen LogP contribution is -2.43. The van der Waals surface area contributed by atoms with Gasteiger partial charge in [-0.2, -0.15) is 0 Å². The molecule has 0 saturated heterocycles. The highest BCUT2D eigenvalue weighted by molar-refractivity contribution is 7.84. The lowest BCUT2D eigenvalue weighted by molar-refractivity contribution is -0.147. The topological polar surface area (TPSA) is 105 Å². The molecule has 0 bridgehead atoms. The Morgan fingerprint density at radius 1 is 1.41 bits per heavy atom. The number of hydrogen-bond acceptors (Lipinski definition) is 4. The van der Waals surface area contributed by atoms with E-state index in [9.17, 15) is 13.8 Å². The van der Waals surface area contributed by atoms with Crippen LogP contribution in [0, 0.1) is 0 Å². The van der Waals surface area contributed by atoms with Crippen molar-refractivity contribution in [2.75, 3.05) is 32.2 Å². The summed E-state index contributed by atoms with van der Waals surface area (Å²) in [5, 5.41) is 13.5. The number of ether oxygens (including phenoxy) is 1. The van der Waals surface area contributed by atoms with Crippen LogP contribution in [0.5, 0.6) is 0 Å². The quantitative estimate of drug-likeness (QED) is 0.497. The third-order valence-corrected chi connectivity index (χ3v) is 2.77. The highest BCUT2D eigenvalue weighted by Crippen LogP contribution is 1.87. The molecule has 0 radical (unpaired) electrons. The smallest absolute Gasteiger partial charge is 0.334 e. The molecule has 0 heterocycles. The van der Waals surface area contributed by atoms with Crippen LogP contribution in [0.1, 0.15) is 6.42 Å². The normalized spacial score (nSPS) is 13.8. The molecule has 7 nitrogen and oxygen atoms in total. The zero-order chi connectivity index (χ0) is 13.3. The molecule has 0 aromatic rings. The van der Waals surface area contributed by atoms with Crippen molar-refractivity contribution in [3.63, 3.8) is 0 Å². The molecule has 0 aromatic carbocycles. The summed E-state index contributed by atoms with van der Waals surface area (Å²) in [6.45, 7) is 0.299. The van der Waals surface area contributed by atoms with E-state index in [4.69, 9.17) is 5.11 Å². The van der Waals surface area contributed by atoms with Crippen LogP contribution >= 0.6 is 0 Å². The van der Waals surface area contributed by atoms with E-state index >= 15 is 0 Å². The summed E-state index contributed by atoms with van der Waals surface area (Å²) in [6.07, 6.45) is 1.16. The second-order valence-corrected chi connectivity index (χ2v) is 4.88. The molecule has 0 spiro atoms. The van der Waals surface area contributed by atoms with Crippen LogP contribution in [0.15, 0.2) is 0 Å². The lowest BCUT2D eigenvalue weighted by atomic mass is 10.3. The first-order chi connectivity index (χ1) is 7.97. The van der Waals surface area contributed by atoms with Crippen molar-refractivity contribution >= 4 is 22.8 Å². The van der Waals surface area contributed by atoms with Crippen molar-refractivity contribution in [1.82, 2.24) is 10.6 Å². The Balaban J connectivity index is 3.65.